The van der Waals surface area contributed by atoms with Gasteiger partial charge in [-0.2, -0.15) is 8.78 Å². The van der Waals surface area contributed by atoms with Crippen molar-refractivity contribution in [2.45, 2.75) is 36.0 Å². The van der Waals surface area contributed by atoms with Gasteiger partial charge < -0.3 is 10.4 Å². The first-order chi connectivity index (χ1) is 8.70. The Morgan fingerprint density at radius 1 is 1.44 bits per heavy atom. The number of aryl methyl sites for hydroxylation is 1. The number of aliphatic hydroxyl groups excluding tert-OH is 1. The fourth-order valence-electron chi connectivity index (χ4n) is 2.42. The molecule has 1 aromatic carbocycles. The van der Waals surface area contributed by atoms with E-state index >= 15 is 0 Å². The Kier molecular flexibility index (Phi) is 4.97. The first-order valence-electron chi connectivity index (χ1n) is 6.12. The van der Waals surface area contributed by atoms with Crippen LogP contribution in [0.5, 0.6) is 0 Å². The molecule has 0 spiro atoms. The number of hydrogen-bond donors (Lipinski definition) is 2. The van der Waals surface area contributed by atoms with Crippen molar-refractivity contribution in [3.8, 4) is 0 Å². The van der Waals surface area contributed by atoms with Gasteiger partial charge in [0.1, 0.15) is 0 Å². The van der Waals surface area contributed by atoms with Crippen LogP contribution in [0.3, 0.4) is 0 Å². The predicted molar refractivity (Wildman–Crippen MR) is 69.1 cm³/mol. The van der Waals surface area contributed by atoms with Gasteiger partial charge in [0.25, 0.3) is 5.76 Å². The van der Waals surface area contributed by atoms with E-state index < -0.39 is 5.76 Å². The van der Waals surface area contributed by atoms with Crippen molar-refractivity contribution >= 4 is 11.8 Å². The van der Waals surface area contributed by atoms with Gasteiger partial charge in [0.05, 0.1) is 6.61 Å². The molecule has 0 amide bonds. The lowest BCUT2D eigenvalue weighted by atomic mass is 9.88. The fraction of sp³-hybridized carbons (Fsp3) is 0.538. The Hall–Kier alpha value is -0.650. The van der Waals surface area contributed by atoms with Crippen LogP contribution in [0.15, 0.2) is 23.1 Å². The minimum Gasteiger partial charge on any atom is -0.395 e. The van der Waals surface area contributed by atoms with Gasteiger partial charge in [-0.1, -0.05) is 17.8 Å². The maximum Gasteiger partial charge on any atom is 0.288 e. The van der Waals surface area contributed by atoms with Crippen LogP contribution in [0.2, 0.25) is 0 Å². The molecule has 0 bridgehead atoms. The summed E-state index contributed by atoms with van der Waals surface area (Å²) in [4.78, 5) is 0.631. The SMILES string of the molecule is OCCNC1CCCc2cc(SC(F)F)ccc21. The summed E-state index contributed by atoms with van der Waals surface area (Å²) in [5.41, 5.74) is 2.34. The van der Waals surface area contributed by atoms with Gasteiger partial charge in [0.2, 0.25) is 0 Å². The summed E-state index contributed by atoms with van der Waals surface area (Å²) in [6.07, 6.45) is 3.04. The number of alkyl halides is 2. The Bertz CT molecular complexity index is 401. The van der Waals surface area contributed by atoms with Crippen LogP contribution in [0.25, 0.3) is 0 Å². The Labute approximate surface area is 110 Å². The monoisotopic (exact) mass is 273 g/mol. The molecule has 1 aliphatic rings. The van der Waals surface area contributed by atoms with Crippen molar-refractivity contribution in [3.63, 3.8) is 0 Å². The molecular formula is C13H17F2NOS. The van der Waals surface area contributed by atoms with E-state index in [0.717, 1.165) is 24.8 Å². The molecule has 2 N–H and O–H groups in total. The van der Waals surface area contributed by atoms with E-state index in [4.69, 9.17) is 5.11 Å². The number of aliphatic hydroxyl groups is 1. The minimum absolute atomic E-state index is 0.116. The van der Waals surface area contributed by atoms with Crippen LogP contribution in [0, 0.1) is 0 Å². The van der Waals surface area contributed by atoms with Crippen molar-refractivity contribution in [3.05, 3.63) is 29.3 Å². The van der Waals surface area contributed by atoms with Crippen LogP contribution in [-0.2, 0) is 6.42 Å². The van der Waals surface area contributed by atoms with Crippen LogP contribution < -0.4 is 5.32 Å². The molecule has 0 radical (unpaired) electrons. The number of thioether (sulfide) groups is 1. The summed E-state index contributed by atoms with van der Waals surface area (Å²) >= 11 is 0.597. The second-order valence-electron chi connectivity index (χ2n) is 4.36. The zero-order valence-corrected chi connectivity index (χ0v) is 10.9. The molecule has 1 unspecified atom stereocenters. The highest BCUT2D eigenvalue weighted by molar-refractivity contribution is 7.99. The molecule has 18 heavy (non-hydrogen) atoms. The third-order valence-corrected chi connectivity index (χ3v) is 3.86. The van der Waals surface area contributed by atoms with Crippen LogP contribution >= 0.6 is 11.8 Å². The van der Waals surface area contributed by atoms with E-state index in [1.54, 1.807) is 6.07 Å². The van der Waals surface area contributed by atoms with Gasteiger partial charge in [0.15, 0.2) is 0 Å². The first-order valence-corrected chi connectivity index (χ1v) is 7.00. The number of hydrogen-bond acceptors (Lipinski definition) is 3. The second kappa shape index (κ2) is 6.50. The minimum atomic E-state index is -2.37. The Morgan fingerprint density at radius 3 is 3.00 bits per heavy atom. The maximum absolute atomic E-state index is 12.3. The number of rotatable bonds is 5. The highest BCUT2D eigenvalue weighted by atomic mass is 32.2. The van der Waals surface area contributed by atoms with Crippen molar-refractivity contribution in [2.24, 2.45) is 0 Å². The average molecular weight is 273 g/mol. The van der Waals surface area contributed by atoms with Gasteiger partial charge in [-0.25, -0.2) is 0 Å². The zero-order chi connectivity index (χ0) is 13.0. The lowest BCUT2D eigenvalue weighted by molar-refractivity contribution is 0.252. The predicted octanol–water partition coefficient (Wildman–Crippen LogP) is 2.96. The zero-order valence-electron chi connectivity index (χ0n) is 10.0. The standard InChI is InChI=1S/C13H17F2NOS/c14-13(15)18-10-4-5-11-9(8-10)2-1-3-12(11)16-6-7-17/h4-5,8,12-13,16-17H,1-3,6-7H2. The van der Waals surface area contributed by atoms with Crippen LogP contribution in [-0.4, -0.2) is 24.0 Å². The fourth-order valence-corrected chi connectivity index (χ4v) is 2.98. The van der Waals surface area contributed by atoms with Gasteiger partial charge in [0, 0.05) is 17.5 Å². The normalized spacial score (nSPS) is 19.0. The summed E-state index contributed by atoms with van der Waals surface area (Å²) in [5, 5.41) is 12.1. The van der Waals surface area contributed by atoms with E-state index in [9.17, 15) is 8.78 Å². The molecule has 2 nitrogen and oxygen atoms in total. The van der Waals surface area contributed by atoms with Gasteiger partial charge >= 0.3 is 0 Å². The van der Waals surface area contributed by atoms with Crippen LogP contribution in [0.4, 0.5) is 8.78 Å². The van der Waals surface area contributed by atoms with Gasteiger partial charge in [-0.05, 0) is 42.5 Å². The maximum atomic E-state index is 12.3. The molecule has 5 heteroatoms. The summed E-state index contributed by atoms with van der Waals surface area (Å²) in [6, 6.07) is 5.81. The molecular weight excluding hydrogens is 256 g/mol. The molecule has 100 valence electrons. The van der Waals surface area contributed by atoms with Crippen molar-refractivity contribution in [1.29, 1.82) is 0 Å². The molecule has 1 aromatic rings. The number of halogens is 2. The third kappa shape index (κ3) is 3.43. The van der Waals surface area contributed by atoms with E-state index in [0.29, 0.717) is 23.2 Å². The average Bonchev–Trinajstić information content (AvgIpc) is 2.35. The molecule has 1 atom stereocenters. The lowest BCUT2D eigenvalue weighted by Crippen LogP contribution is -2.27. The lowest BCUT2D eigenvalue weighted by Gasteiger charge is -2.26. The third-order valence-electron chi connectivity index (χ3n) is 3.16. The van der Waals surface area contributed by atoms with Crippen molar-refractivity contribution in [2.75, 3.05) is 13.2 Å². The first kappa shape index (κ1) is 13.8. The van der Waals surface area contributed by atoms with Crippen molar-refractivity contribution < 1.29 is 13.9 Å². The second-order valence-corrected chi connectivity index (χ2v) is 5.43. The Balaban J connectivity index is 2.14. The molecule has 0 heterocycles. The quantitative estimate of drug-likeness (QED) is 0.809. The summed E-state index contributed by atoms with van der Waals surface area (Å²) in [5.74, 6) is -2.37. The molecule has 1 aliphatic carbocycles. The highest BCUT2D eigenvalue weighted by Crippen LogP contribution is 2.34. The van der Waals surface area contributed by atoms with Gasteiger partial charge in [-0.3, -0.25) is 0 Å². The molecule has 0 saturated heterocycles. The Morgan fingerprint density at radius 2 is 2.28 bits per heavy atom. The summed E-state index contributed by atoms with van der Waals surface area (Å²) in [6.45, 7) is 0.683. The smallest absolute Gasteiger partial charge is 0.288 e. The van der Waals surface area contributed by atoms with E-state index in [1.807, 2.05) is 12.1 Å². The van der Waals surface area contributed by atoms with Gasteiger partial charge in [-0.15, -0.1) is 0 Å². The van der Waals surface area contributed by atoms with E-state index in [1.165, 1.54) is 5.56 Å². The van der Waals surface area contributed by atoms with E-state index in [2.05, 4.69) is 5.32 Å². The van der Waals surface area contributed by atoms with Crippen molar-refractivity contribution in [1.82, 2.24) is 5.32 Å². The molecule has 0 aliphatic heterocycles. The number of fused-ring (bicyclic) bond motifs is 1. The number of nitrogens with one attached hydrogen (secondary N) is 1. The summed E-state index contributed by atoms with van der Waals surface area (Å²) in [7, 11) is 0. The van der Waals surface area contributed by atoms with Crippen LogP contribution in [0.1, 0.15) is 30.0 Å². The number of benzene rings is 1. The molecule has 0 fully saturated rings. The highest BCUT2D eigenvalue weighted by Gasteiger charge is 2.20. The van der Waals surface area contributed by atoms with E-state index in [-0.39, 0.29) is 12.6 Å². The molecule has 0 aromatic heterocycles. The topological polar surface area (TPSA) is 32.3 Å². The largest absolute Gasteiger partial charge is 0.395 e. The molecule has 2 rings (SSSR count). The molecule has 0 saturated carbocycles. The summed E-state index contributed by atoms with van der Waals surface area (Å²) < 4.78 is 24.6.